The predicted octanol–water partition coefficient (Wildman–Crippen LogP) is 23.3. The lowest BCUT2D eigenvalue weighted by Crippen LogP contribution is -2.30. The molecule has 6 nitrogen and oxygen atoms in total. The van der Waals surface area contributed by atoms with Crippen LogP contribution in [0.15, 0.2) is 48.6 Å². The minimum Gasteiger partial charge on any atom is -0.462 e. The van der Waals surface area contributed by atoms with Crippen molar-refractivity contribution in [3.63, 3.8) is 0 Å². The summed E-state index contributed by atoms with van der Waals surface area (Å²) < 4.78 is 16.9. The van der Waals surface area contributed by atoms with Crippen molar-refractivity contribution in [3.8, 4) is 0 Å². The highest BCUT2D eigenvalue weighted by atomic mass is 16.6. The Balaban J connectivity index is 4.18. The number of carbonyl (C=O) groups is 3. The summed E-state index contributed by atoms with van der Waals surface area (Å²) >= 11 is 0. The molecule has 0 heterocycles. The first-order valence-electron chi connectivity index (χ1n) is 34.1. The summed E-state index contributed by atoms with van der Waals surface area (Å²) in [5, 5.41) is 0. The Morgan fingerprint density at radius 3 is 0.727 bits per heavy atom. The monoisotopic (exact) mass is 1080 g/mol. The van der Waals surface area contributed by atoms with Crippen molar-refractivity contribution in [2.45, 2.75) is 374 Å². The average molecular weight is 1080 g/mol. The van der Waals surface area contributed by atoms with E-state index in [9.17, 15) is 14.4 Å². The molecule has 0 saturated carbocycles. The van der Waals surface area contributed by atoms with Crippen LogP contribution in [0.25, 0.3) is 0 Å². The van der Waals surface area contributed by atoms with Crippen LogP contribution in [0.3, 0.4) is 0 Å². The van der Waals surface area contributed by atoms with Crippen molar-refractivity contribution in [2.75, 3.05) is 13.2 Å². The smallest absolute Gasteiger partial charge is 0.306 e. The molecule has 0 radical (unpaired) electrons. The summed E-state index contributed by atoms with van der Waals surface area (Å²) in [6.07, 6.45) is 82.8. The molecule has 0 aromatic carbocycles. The van der Waals surface area contributed by atoms with Gasteiger partial charge in [0.05, 0.1) is 0 Å². The number of unbranched alkanes of at least 4 members (excludes halogenated alkanes) is 44. The maximum absolute atomic E-state index is 12.9. The van der Waals surface area contributed by atoms with Crippen molar-refractivity contribution in [1.29, 1.82) is 0 Å². The third-order valence-corrected chi connectivity index (χ3v) is 15.3. The van der Waals surface area contributed by atoms with E-state index in [4.69, 9.17) is 14.2 Å². The molecule has 0 bridgehead atoms. The van der Waals surface area contributed by atoms with Crippen molar-refractivity contribution >= 4 is 17.9 Å². The van der Waals surface area contributed by atoms with E-state index in [-0.39, 0.29) is 31.1 Å². The predicted molar refractivity (Wildman–Crippen MR) is 335 cm³/mol. The van der Waals surface area contributed by atoms with Gasteiger partial charge in [0.15, 0.2) is 6.10 Å². The van der Waals surface area contributed by atoms with Crippen molar-refractivity contribution in [2.24, 2.45) is 0 Å². The molecule has 0 aromatic rings. The number of hydrogen-bond donors (Lipinski definition) is 0. The van der Waals surface area contributed by atoms with Crippen LogP contribution in [0, 0.1) is 0 Å². The highest BCUT2D eigenvalue weighted by Gasteiger charge is 2.19. The first-order valence-corrected chi connectivity index (χ1v) is 34.1. The molecule has 0 saturated heterocycles. The first-order chi connectivity index (χ1) is 38.0. The SMILES string of the molecule is CCCCCC/C=C\C/C=C\CCCCCCCCCC(=O)OC(COC(=O)CCCCCCCCCCCCCC)COC(=O)CCCCCCCCCCCCCCCCCCC/C=C\C/C=C\CCCCCCC. The lowest BCUT2D eigenvalue weighted by Gasteiger charge is -2.18. The van der Waals surface area contributed by atoms with E-state index in [1.807, 2.05) is 0 Å². The summed E-state index contributed by atoms with van der Waals surface area (Å²) in [4.78, 5) is 38.3. The van der Waals surface area contributed by atoms with Gasteiger partial charge in [-0.15, -0.1) is 0 Å². The summed E-state index contributed by atoms with van der Waals surface area (Å²) in [6, 6.07) is 0. The Labute approximate surface area is 479 Å². The summed E-state index contributed by atoms with van der Waals surface area (Å²) in [5.74, 6) is -0.856. The zero-order valence-corrected chi connectivity index (χ0v) is 51.7. The Morgan fingerprint density at radius 1 is 0.260 bits per heavy atom. The van der Waals surface area contributed by atoms with Gasteiger partial charge in [0.2, 0.25) is 0 Å². The topological polar surface area (TPSA) is 78.9 Å². The van der Waals surface area contributed by atoms with E-state index in [0.717, 1.165) is 77.0 Å². The molecule has 6 heteroatoms. The molecule has 0 aliphatic rings. The lowest BCUT2D eigenvalue weighted by molar-refractivity contribution is -0.167. The van der Waals surface area contributed by atoms with E-state index in [1.165, 1.54) is 250 Å². The largest absolute Gasteiger partial charge is 0.462 e. The molecule has 0 aliphatic carbocycles. The van der Waals surface area contributed by atoms with Gasteiger partial charge < -0.3 is 14.2 Å². The number of carbonyl (C=O) groups excluding carboxylic acids is 3. The van der Waals surface area contributed by atoms with Crippen molar-refractivity contribution in [3.05, 3.63) is 48.6 Å². The molecule has 77 heavy (non-hydrogen) atoms. The molecule has 0 N–H and O–H groups in total. The van der Waals surface area contributed by atoms with Crippen LogP contribution in [0.4, 0.5) is 0 Å². The molecular weight excluding hydrogens is 949 g/mol. The Kier molecular flexibility index (Phi) is 63.6. The van der Waals surface area contributed by atoms with Gasteiger partial charge >= 0.3 is 17.9 Å². The standard InChI is InChI=1S/C71H130O6/c1-4-7-10-13-16-19-22-25-27-29-31-32-33-34-35-36-37-38-39-40-41-43-44-46-49-52-55-58-61-64-70(73)76-67-68(66-75-69(72)63-60-57-54-51-48-24-21-18-15-12-9-6-3)77-71(74)65-62-59-56-53-50-47-45-42-30-28-26-23-20-17-14-11-8-5-2/h20,22-23,25,28-31,68H,4-19,21,24,26-27,32-67H2,1-3H3/b23-20-,25-22-,30-28-,31-29-. The summed E-state index contributed by atoms with van der Waals surface area (Å²) in [5.41, 5.74) is 0. The highest BCUT2D eigenvalue weighted by Crippen LogP contribution is 2.18. The molecule has 0 fully saturated rings. The third-order valence-electron chi connectivity index (χ3n) is 15.3. The van der Waals surface area contributed by atoms with Gasteiger partial charge in [-0.25, -0.2) is 0 Å². The second-order valence-electron chi connectivity index (χ2n) is 23.1. The van der Waals surface area contributed by atoms with Crippen LogP contribution >= 0.6 is 0 Å². The molecule has 0 aliphatic heterocycles. The molecule has 0 rings (SSSR count). The highest BCUT2D eigenvalue weighted by molar-refractivity contribution is 5.71. The number of rotatable bonds is 63. The van der Waals surface area contributed by atoms with Crippen LogP contribution in [0.1, 0.15) is 367 Å². The zero-order valence-electron chi connectivity index (χ0n) is 51.7. The quantitative estimate of drug-likeness (QED) is 0.0261. The Hall–Kier alpha value is -2.63. The van der Waals surface area contributed by atoms with Crippen LogP contribution < -0.4 is 0 Å². The van der Waals surface area contributed by atoms with Gasteiger partial charge in [0, 0.05) is 19.3 Å². The summed E-state index contributed by atoms with van der Waals surface area (Å²) in [6.45, 7) is 6.66. The fourth-order valence-electron chi connectivity index (χ4n) is 10.2. The molecule has 1 unspecified atom stereocenters. The maximum atomic E-state index is 12.9. The average Bonchev–Trinajstić information content (AvgIpc) is 3.43. The second-order valence-corrected chi connectivity index (χ2v) is 23.1. The summed E-state index contributed by atoms with van der Waals surface area (Å²) in [7, 11) is 0. The first kappa shape index (κ1) is 74.4. The fourth-order valence-corrected chi connectivity index (χ4v) is 10.2. The molecule has 0 aromatic heterocycles. The van der Waals surface area contributed by atoms with Crippen LogP contribution in [0.2, 0.25) is 0 Å². The Bertz CT molecular complexity index is 1330. The van der Waals surface area contributed by atoms with Gasteiger partial charge in [-0.2, -0.15) is 0 Å². The van der Waals surface area contributed by atoms with E-state index >= 15 is 0 Å². The van der Waals surface area contributed by atoms with Crippen LogP contribution in [-0.4, -0.2) is 37.2 Å². The van der Waals surface area contributed by atoms with E-state index in [2.05, 4.69) is 69.4 Å². The molecule has 0 spiro atoms. The number of allylic oxidation sites excluding steroid dienone is 8. The minimum absolute atomic E-state index is 0.0715. The Morgan fingerprint density at radius 2 is 0.468 bits per heavy atom. The van der Waals surface area contributed by atoms with Gasteiger partial charge in [0.1, 0.15) is 13.2 Å². The van der Waals surface area contributed by atoms with Crippen molar-refractivity contribution < 1.29 is 28.6 Å². The van der Waals surface area contributed by atoms with Crippen LogP contribution in [0.5, 0.6) is 0 Å². The fraction of sp³-hybridized carbons (Fsp3) is 0.845. The number of esters is 3. The normalized spacial score (nSPS) is 12.3. The van der Waals surface area contributed by atoms with Gasteiger partial charge in [0.25, 0.3) is 0 Å². The van der Waals surface area contributed by atoms with Crippen molar-refractivity contribution in [1.82, 2.24) is 0 Å². The number of ether oxygens (including phenoxy) is 3. The maximum Gasteiger partial charge on any atom is 0.306 e. The lowest BCUT2D eigenvalue weighted by atomic mass is 10.0. The van der Waals surface area contributed by atoms with E-state index < -0.39 is 6.10 Å². The van der Waals surface area contributed by atoms with E-state index in [1.54, 1.807) is 0 Å². The van der Waals surface area contributed by atoms with Crippen LogP contribution in [-0.2, 0) is 28.6 Å². The molecule has 0 amide bonds. The minimum atomic E-state index is -0.775. The number of hydrogen-bond acceptors (Lipinski definition) is 6. The molecule has 1 atom stereocenters. The molecule has 450 valence electrons. The van der Waals surface area contributed by atoms with Gasteiger partial charge in [-0.1, -0.05) is 313 Å². The van der Waals surface area contributed by atoms with E-state index in [0.29, 0.717) is 19.3 Å². The second kappa shape index (κ2) is 65.9. The zero-order chi connectivity index (χ0) is 55.7. The third kappa shape index (κ3) is 64.1. The van der Waals surface area contributed by atoms with Gasteiger partial charge in [-0.05, 0) is 83.5 Å². The molecular formula is C71H130O6. The van der Waals surface area contributed by atoms with Gasteiger partial charge in [-0.3, -0.25) is 14.4 Å².